The normalized spacial score (nSPS) is 21.8. The Bertz CT molecular complexity index is 493. The van der Waals surface area contributed by atoms with Gasteiger partial charge in [-0.25, -0.2) is 4.98 Å². The van der Waals surface area contributed by atoms with Crippen LogP contribution in [0.4, 0.5) is 5.82 Å². The first-order valence-electron chi connectivity index (χ1n) is 8.79. The van der Waals surface area contributed by atoms with Gasteiger partial charge in [-0.1, -0.05) is 12.8 Å². The van der Waals surface area contributed by atoms with Crippen molar-refractivity contribution in [1.82, 2.24) is 19.8 Å². The number of aromatic nitrogens is 2. The Hall–Kier alpha value is -1.69. The highest BCUT2D eigenvalue weighted by molar-refractivity contribution is 5.81. The van der Waals surface area contributed by atoms with E-state index in [-0.39, 0.29) is 6.04 Å². The molecule has 2 fully saturated rings. The Morgan fingerprint density at radius 1 is 1.00 bits per heavy atom. The van der Waals surface area contributed by atoms with Gasteiger partial charge in [-0.05, 0) is 19.8 Å². The number of hydrogen-bond donors (Lipinski definition) is 0. The fourth-order valence-corrected chi connectivity index (χ4v) is 3.50. The number of nitrogens with zero attached hydrogens (tertiary/aromatic N) is 5. The number of rotatable bonds is 3. The molecule has 2 aliphatic rings. The summed E-state index contributed by atoms with van der Waals surface area (Å²) in [6.07, 6.45) is 10.1. The van der Waals surface area contributed by atoms with Gasteiger partial charge >= 0.3 is 0 Å². The van der Waals surface area contributed by atoms with Crippen LogP contribution in [0.1, 0.15) is 32.6 Å². The Morgan fingerprint density at radius 2 is 1.70 bits per heavy atom. The van der Waals surface area contributed by atoms with E-state index < -0.39 is 0 Å². The zero-order chi connectivity index (χ0) is 16.1. The molecule has 0 bridgehead atoms. The van der Waals surface area contributed by atoms with Crippen molar-refractivity contribution in [2.45, 2.75) is 38.6 Å². The van der Waals surface area contributed by atoms with Gasteiger partial charge in [-0.3, -0.25) is 14.7 Å². The molecule has 6 nitrogen and oxygen atoms in total. The summed E-state index contributed by atoms with van der Waals surface area (Å²) in [5.74, 6) is 1.23. The summed E-state index contributed by atoms with van der Waals surface area (Å²) in [6, 6.07) is -0.0166. The zero-order valence-electron chi connectivity index (χ0n) is 14.0. The highest BCUT2D eigenvalue weighted by Gasteiger charge is 2.29. The minimum absolute atomic E-state index is 0.0166. The van der Waals surface area contributed by atoms with Crippen LogP contribution in [-0.2, 0) is 4.79 Å². The van der Waals surface area contributed by atoms with Gasteiger partial charge in [0.1, 0.15) is 5.82 Å². The van der Waals surface area contributed by atoms with Gasteiger partial charge in [0.05, 0.1) is 12.2 Å². The third-order valence-electron chi connectivity index (χ3n) is 5.01. The van der Waals surface area contributed by atoms with Gasteiger partial charge in [-0.2, -0.15) is 0 Å². The molecule has 1 aromatic rings. The molecule has 1 amide bonds. The van der Waals surface area contributed by atoms with Crippen molar-refractivity contribution in [2.75, 3.05) is 44.2 Å². The third-order valence-corrected chi connectivity index (χ3v) is 5.01. The van der Waals surface area contributed by atoms with E-state index in [0.717, 1.165) is 57.9 Å². The van der Waals surface area contributed by atoms with Crippen molar-refractivity contribution < 1.29 is 4.79 Å². The largest absolute Gasteiger partial charge is 0.353 e. The molecular weight excluding hydrogens is 290 g/mol. The van der Waals surface area contributed by atoms with Crippen molar-refractivity contribution >= 4 is 11.7 Å². The molecule has 23 heavy (non-hydrogen) atoms. The van der Waals surface area contributed by atoms with Gasteiger partial charge in [0.2, 0.25) is 5.91 Å². The Balaban J connectivity index is 1.53. The third kappa shape index (κ3) is 3.99. The molecule has 0 spiro atoms. The predicted molar refractivity (Wildman–Crippen MR) is 90.3 cm³/mol. The number of hydrogen-bond acceptors (Lipinski definition) is 5. The van der Waals surface area contributed by atoms with Crippen LogP contribution < -0.4 is 4.90 Å². The second kappa shape index (κ2) is 7.73. The van der Waals surface area contributed by atoms with Crippen LogP contribution in [0, 0.1) is 0 Å². The number of likely N-dealkylation sites (tertiary alicyclic amines) is 1. The van der Waals surface area contributed by atoms with Crippen LogP contribution in [0.3, 0.4) is 0 Å². The first kappa shape index (κ1) is 16.2. The van der Waals surface area contributed by atoms with Gasteiger partial charge in [0.15, 0.2) is 0 Å². The van der Waals surface area contributed by atoms with Crippen molar-refractivity contribution in [3.8, 4) is 0 Å². The maximum Gasteiger partial charge on any atom is 0.239 e. The summed E-state index contributed by atoms with van der Waals surface area (Å²) in [7, 11) is 0. The maximum absolute atomic E-state index is 12.7. The fourth-order valence-electron chi connectivity index (χ4n) is 3.50. The minimum Gasteiger partial charge on any atom is -0.353 e. The van der Waals surface area contributed by atoms with E-state index in [1.54, 1.807) is 12.4 Å². The van der Waals surface area contributed by atoms with Crippen LogP contribution in [0.15, 0.2) is 18.6 Å². The first-order valence-corrected chi connectivity index (χ1v) is 8.79. The smallest absolute Gasteiger partial charge is 0.239 e. The lowest BCUT2D eigenvalue weighted by molar-refractivity contribution is -0.136. The number of piperazine rings is 1. The molecule has 2 aliphatic heterocycles. The lowest BCUT2D eigenvalue weighted by atomic mass is 10.2. The number of carbonyl (C=O) groups is 1. The van der Waals surface area contributed by atoms with Crippen LogP contribution in [0.2, 0.25) is 0 Å². The molecule has 2 saturated heterocycles. The van der Waals surface area contributed by atoms with Crippen molar-refractivity contribution in [3.63, 3.8) is 0 Å². The number of amides is 1. The lowest BCUT2D eigenvalue weighted by Crippen LogP contribution is -2.54. The van der Waals surface area contributed by atoms with E-state index in [4.69, 9.17) is 0 Å². The van der Waals surface area contributed by atoms with Crippen LogP contribution in [0.5, 0.6) is 0 Å². The van der Waals surface area contributed by atoms with E-state index in [1.807, 2.05) is 6.20 Å². The molecule has 1 atom stereocenters. The molecule has 3 heterocycles. The monoisotopic (exact) mass is 317 g/mol. The summed E-state index contributed by atoms with van der Waals surface area (Å²) in [4.78, 5) is 27.9. The second-order valence-electron chi connectivity index (χ2n) is 6.50. The summed E-state index contributed by atoms with van der Waals surface area (Å²) in [6.45, 7) is 7.53. The SMILES string of the molecule is C[C@H](C(=O)N1CCCCCC1)N1CCN(c2cnccn2)CC1. The quantitative estimate of drug-likeness (QED) is 0.843. The Labute approximate surface area is 138 Å². The van der Waals surface area contributed by atoms with E-state index in [0.29, 0.717) is 5.91 Å². The summed E-state index contributed by atoms with van der Waals surface area (Å²) < 4.78 is 0. The van der Waals surface area contributed by atoms with Crippen molar-refractivity contribution in [3.05, 3.63) is 18.6 Å². The average Bonchev–Trinajstić information content (AvgIpc) is 2.91. The zero-order valence-corrected chi connectivity index (χ0v) is 14.0. The van der Waals surface area contributed by atoms with Crippen LogP contribution in [-0.4, -0.2) is 71.0 Å². The summed E-state index contributed by atoms with van der Waals surface area (Å²) >= 11 is 0. The molecule has 0 aliphatic carbocycles. The second-order valence-corrected chi connectivity index (χ2v) is 6.50. The molecule has 0 unspecified atom stereocenters. The van der Waals surface area contributed by atoms with E-state index >= 15 is 0 Å². The lowest BCUT2D eigenvalue weighted by Gasteiger charge is -2.39. The number of anilines is 1. The Morgan fingerprint density at radius 3 is 2.30 bits per heavy atom. The van der Waals surface area contributed by atoms with Gasteiger partial charge in [0.25, 0.3) is 0 Å². The maximum atomic E-state index is 12.7. The average molecular weight is 317 g/mol. The van der Waals surface area contributed by atoms with Crippen molar-refractivity contribution in [1.29, 1.82) is 0 Å². The summed E-state index contributed by atoms with van der Waals surface area (Å²) in [5, 5.41) is 0. The molecular formula is C17H27N5O. The van der Waals surface area contributed by atoms with E-state index in [1.165, 1.54) is 12.8 Å². The molecule has 3 rings (SSSR count). The van der Waals surface area contributed by atoms with Gasteiger partial charge in [0, 0.05) is 51.7 Å². The van der Waals surface area contributed by atoms with E-state index in [2.05, 4.69) is 31.6 Å². The molecule has 126 valence electrons. The standard InChI is InChI=1S/C17H27N5O/c1-15(17(23)22-8-4-2-3-5-9-22)20-10-12-21(13-11-20)16-14-18-6-7-19-16/h6-7,14-15H,2-5,8-13H2,1H3/t15-/m1/s1. The molecule has 6 heteroatoms. The Kier molecular flexibility index (Phi) is 5.43. The van der Waals surface area contributed by atoms with Crippen LogP contribution >= 0.6 is 0 Å². The molecule has 0 N–H and O–H groups in total. The molecule has 1 aromatic heterocycles. The first-order chi connectivity index (χ1) is 11.3. The predicted octanol–water partition coefficient (Wildman–Crippen LogP) is 1.39. The number of carbonyl (C=O) groups excluding carboxylic acids is 1. The fraction of sp³-hybridized carbons (Fsp3) is 0.706. The van der Waals surface area contributed by atoms with Crippen molar-refractivity contribution in [2.24, 2.45) is 0 Å². The highest BCUT2D eigenvalue weighted by Crippen LogP contribution is 2.16. The minimum atomic E-state index is -0.0166. The van der Waals surface area contributed by atoms with E-state index in [9.17, 15) is 4.79 Å². The highest BCUT2D eigenvalue weighted by atomic mass is 16.2. The molecule has 0 aromatic carbocycles. The van der Waals surface area contributed by atoms with Gasteiger partial charge in [-0.15, -0.1) is 0 Å². The van der Waals surface area contributed by atoms with Gasteiger partial charge < -0.3 is 9.80 Å². The van der Waals surface area contributed by atoms with Crippen LogP contribution in [0.25, 0.3) is 0 Å². The topological polar surface area (TPSA) is 52.6 Å². The summed E-state index contributed by atoms with van der Waals surface area (Å²) in [5.41, 5.74) is 0. The molecule has 0 saturated carbocycles. The molecule has 0 radical (unpaired) electrons.